The van der Waals surface area contributed by atoms with Crippen LogP contribution in [0.2, 0.25) is 0 Å². The minimum atomic E-state index is -3.12. The van der Waals surface area contributed by atoms with E-state index in [1.165, 1.54) is 6.26 Å². The minimum absolute atomic E-state index is 0.238. The Kier molecular flexibility index (Phi) is 4.35. The normalized spacial score (nSPS) is 25.0. The highest BCUT2D eigenvalue weighted by atomic mass is 32.2. The third-order valence-corrected chi connectivity index (χ3v) is 5.73. The number of rotatable bonds is 3. The first-order valence-corrected chi connectivity index (χ1v) is 8.89. The molecule has 0 amide bonds. The smallest absolute Gasteiger partial charge is 0.175 e. The Morgan fingerprint density at radius 3 is 2.33 bits per heavy atom. The molecule has 0 aliphatic heterocycles. The molecule has 0 radical (unpaired) electrons. The zero-order valence-electron chi connectivity index (χ0n) is 10.4. The Morgan fingerprint density at radius 1 is 1.17 bits per heavy atom. The van der Waals surface area contributed by atoms with Crippen LogP contribution in [0.15, 0.2) is 34.1 Å². The monoisotopic (exact) mass is 286 g/mol. The fraction of sp³-hybridized carbons (Fsp3) is 0.538. The van der Waals surface area contributed by atoms with Gasteiger partial charge in [0, 0.05) is 16.4 Å². The molecule has 1 N–H and O–H groups in total. The van der Waals surface area contributed by atoms with Gasteiger partial charge in [-0.3, -0.25) is 0 Å². The molecular weight excluding hydrogens is 268 g/mol. The molecule has 1 aliphatic carbocycles. The van der Waals surface area contributed by atoms with Gasteiger partial charge >= 0.3 is 0 Å². The summed E-state index contributed by atoms with van der Waals surface area (Å²) in [6.45, 7) is 0. The van der Waals surface area contributed by atoms with Gasteiger partial charge in [0.1, 0.15) is 0 Å². The maximum Gasteiger partial charge on any atom is 0.175 e. The summed E-state index contributed by atoms with van der Waals surface area (Å²) in [5, 5.41) is 10.1. The molecule has 1 aliphatic rings. The van der Waals surface area contributed by atoms with Crippen LogP contribution in [0.4, 0.5) is 0 Å². The number of thioether (sulfide) groups is 1. The summed E-state index contributed by atoms with van der Waals surface area (Å²) < 4.78 is 22.7. The molecular formula is C13H18O3S2. The van der Waals surface area contributed by atoms with Crippen molar-refractivity contribution in [3.8, 4) is 0 Å². The molecule has 1 fully saturated rings. The SMILES string of the molecule is CS(=O)(=O)c1ccc(S[C@@H]2CCCC[C@H]2O)cc1. The average Bonchev–Trinajstić information content (AvgIpc) is 2.32. The number of benzene rings is 1. The largest absolute Gasteiger partial charge is 0.392 e. The van der Waals surface area contributed by atoms with E-state index in [-0.39, 0.29) is 11.4 Å². The van der Waals surface area contributed by atoms with Crippen molar-refractivity contribution in [2.45, 2.75) is 46.8 Å². The van der Waals surface area contributed by atoms with Crippen molar-refractivity contribution in [3.63, 3.8) is 0 Å². The first kappa shape index (κ1) is 13.9. The summed E-state index contributed by atoms with van der Waals surface area (Å²) in [5.41, 5.74) is 0. The Balaban J connectivity index is 2.06. The van der Waals surface area contributed by atoms with E-state index < -0.39 is 9.84 Å². The molecule has 1 saturated carbocycles. The topological polar surface area (TPSA) is 54.4 Å². The average molecular weight is 286 g/mol. The summed E-state index contributed by atoms with van der Waals surface area (Å²) in [6.07, 6.45) is 5.14. The van der Waals surface area contributed by atoms with Crippen molar-refractivity contribution < 1.29 is 13.5 Å². The van der Waals surface area contributed by atoms with E-state index >= 15 is 0 Å². The molecule has 0 saturated heterocycles. The Hall–Kier alpha value is -0.520. The van der Waals surface area contributed by atoms with E-state index in [1.807, 2.05) is 12.1 Å². The molecule has 1 aromatic carbocycles. The molecule has 2 atom stereocenters. The number of aliphatic hydroxyl groups excluding tert-OH is 1. The number of hydrogen-bond acceptors (Lipinski definition) is 4. The second-order valence-corrected chi connectivity index (χ2v) is 8.08. The van der Waals surface area contributed by atoms with Crippen LogP contribution < -0.4 is 0 Å². The van der Waals surface area contributed by atoms with Gasteiger partial charge in [-0.05, 0) is 37.1 Å². The Labute approximate surface area is 113 Å². The quantitative estimate of drug-likeness (QED) is 0.927. The molecule has 18 heavy (non-hydrogen) atoms. The van der Waals surface area contributed by atoms with Gasteiger partial charge < -0.3 is 5.11 Å². The molecule has 3 nitrogen and oxygen atoms in total. The Morgan fingerprint density at radius 2 is 1.78 bits per heavy atom. The second-order valence-electron chi connectivity index (χ2n) is 4.75. The zero-order valence-corrected chi connectivity index (χ0v) is 12.0. The lowest BCUT2D eigenvalue weighted by Gasteiger charge is -2.26. The molecule has 2 rings (SSSR count). The van der Waals surface area contributed by atoms with E-state index in [9.17, 15) is 13.5 Å². The molecule has 100 valence electrons. The predicted molar refractivity (Wildman–Crippen MR) is 73.7 cm³/mol. The van der Waals surface area contributed by atoms with Crippen LogP contribution in [0.5, 0.6) is 0 Å². The number of hydrogen-bond donors (Lipinski definition) is 1. The van der Waals surface area contributed by atoms with E-state index in [1.54, 1.807) is 23.9 Å². The third-order valence-electron chi connectivity index (χ3n) is 3.21. The van der Waals surface area contributed by atoms with E-state index in [2.05, 4.69) is 0 Å². The van der Waals surface area contributed by atoms with Crippen molar-refractivity contribution in [1.29, 1.82) is 0 Å². The van der Waals surface area contributed by atoms with Crippen LogP contribution in [-0.4, -0.2) is 31.1 Å². The van der Waals surface area contributed by atoms with Crippen LogP contribution in [0.25, 0.3) is 0 Å². The number of sulfone groups is 1. The van der Waals surface area contributed by atoms with E-state index in [0.29, 0.717) is 4.90 Å². The Bertz CT molecular complexity index is 493. The van der Waals surface area contributed by atoms with Crippen LogP contribution in [-0.2, 0) is 9.84 Å². The van der Waals surface area contributed by atoms with Gasteiger partial charge in [0.25, 0.3) is 0 Å². The van der Waals surface area contributed by atoms with Crippen LogP contribution in [0.3, 0.4) is 0 Å². The lowest BCUT2D eigenvalue weighted by atomic mass is 9.97. The summed E-state index contributed by atoms with van der Waals surface area (Å²) in [4.78, 5) is 1.37. The summed E-state index contributed by atoms with van der Waals surface area (Å²) >= 11 is 1.65. The second kappa shape index (κ2) is 5.63. The molecule has 0 aromatic heterocycles. The summed E-state index contributed by atoms with van der Waals surface area (Å²) in [7, 11) is -3.12. The van der Waals surface area contributed by atoms with Crippen molar-refractivity contribution in [2.75, 3.05) is 6.26 Å². The van der Waals surface area contributed by atoms with Gasteiger partial charge in [-0.15, -0.1) is 11.8 Å². The van der Waals surface area contributed by atoms with Crippen molar-refractivity contribution in [1.82, 2.24) is 0 Å². The third kappa shape index (κ3) is 3.49. The standard InChI is InChI=1S/C13H18O3S2/c1-18(15,16)11-8-6-10(7-9-11)17-13-5-3-2-4-12(13)14/h6-9,12-14H,2-5H2,1H3/t12-,13-/m1/s1. The maximum absolute atomic E-state index is 11.3. The van der Waals surface area contributed by atoms with Crippen molar-refractivity contribution in [2.24, 2.45) is 0 Å². The fourth-order valence-corrected chi connectivity index (χ4v) is 4.01. The fourth-order valence-electron chi connectivity index (χ4n) is 2.15. The van der Waals surface area contributed by atoms with Crippen LogP contribution >= 0.6 is 11.8 Å². The first-order valence-electron chi connectivity index (χ1n) is 6.11. The lowest BCUT2D eigenvalue weighted by Crippen LogP contribution is -2.26. The highest BCUT2D eigenvalue weighted by Crippen LogP contribution is 2.34. The van der Waals surface area contributed by atoms with Crippen molar-refractivity contribution >= 4 is 21.6 Å². The van der Waals surface area contributed by atoms with Gasteiger partial charge in [0.15, 0.2) is 9.84 Å². The zero-order chi connectivity index (χ0) is 13.2. The van der Waals surface area contributed by atoms with Gasteiger partial charge in [-0.2, -0.15) is 0 Å². The van der Waals surface area contributed by atoms with Crippen molar-refractivity contribution in [3.05, 3.63) is 24.3 Å². The molecule has 0 heterocycles. The van der Waals surface area contributed by atoms with Gasteiger partial charge in [-0.25, -0.2) is 8.42 Å². The highest BCUT2D eigenvalue weighted by molar-refractivity contribution is 8.00. The van der Waals surface area contributed by atoms with Gasteiger partial charge in [0.2, 0.25) is 0 Å². The van der Waals surface area contributed by atoms with E-state index in [4.69, 9.17) is 0 Å². The first-order chi connectivity index (χ1) is 8.47. The minimum Gasteiger partial charge on any atom is -0.392 e. The van der Waals surface area contributed by atoms with Gasteiger partial charge in [0.05, 0.1) is 11.0 Å². The molecule has 5 heteroatoms. The number of aliphatic hydroxyl groups is 1. The summed E-state index contributed by atoms with van der Waals surface area (Å²) in [5.74, 6) is 0. The van der Waals surface area contributed by atoms with Gasteiger partial charge in [-0.1, -0.05) is 12.8 Å². The summed E-state index contributed by atoms with van der Waals surface area (Å²) in [6, 6.07) is 6.91. The van der Waals surface area contributed by atoms with Crippen LogP contribution in [0.1, 0.15) is 25.7 Å². The molecule has 1 aromatic rings. The predicted octanol–water partition coefficient (Wildman–Crippen LogP) is 2.49. The molecule has 0 unspecified atom stereocenters. The molecule has 0 spiro atoms. The van der Waals surface area contributed by atoms with Crippen LogP contribution in [0, 0.1) is 0 Å². The molecule has 0 bridgehead atoms. The lowest BCUT2D eigenvalue weighted by molar-refractivity contribution is 0.137. The maximum atomic E-state index is 11.3. The van der Waals surface area contributed by atoms with E-state index in [0.717, 1.165) is 30.6 Å². The highest BCUT2D eigenvalue weighted by Gasteiger charge is 2.23.